The number of hydrogen-bond acceptors (Lipinski definition) is 5. The van der Waals surface area contributed by atoms with Crippen LogP contribution in [0.3, 0.4) is 0 Å². The monoisotopic (exact) mass is 436 g/mol. The van der Waals surface area contributed by atoms with Crippen molar-refractivity contribution in [1.29, 1.82) is 0 Å². The fraction of sp³-hybridized carbons (Fsp3) is 0.0400. The van der Waals surface area contributed by atoms with Gasteiger partial charge in [-0.15, -0.1) is 0 Å². The average molecular weight is 436 g/mol. The highest BCUT2D eigenvalue weighted by molar-refractivity contribution is 5.99. The molecule has 8 heteroatoms. The quantitative estimate of drug-likeness (QED) is 0.387. The van der Waals surface area contributed by atoms with Crippen LogP contribution in [0.15, 0.2) is 73.1 Å². The molecule has 6 aromatic rings. The van der Waals surface area contributed by atoms with Crippen LogP contribution < -0.4 is 4.74 Å². The van der Waals surface area contributed by atoms with E-state index in [1.165, 1.54) is 19.2 Å². The van der Waals surface area contributed by atoms with Crippen molar-refractivity contribution >= 4 is 22.1 Å². The number of fused-ring (bicyclic) bond motifs is 2. The number of ether oxygens (including phenoxy) is 1. The predicted octanol–water partition coefficient (Wildman–Crippen LogP) is 5.38. The summed E-state index contributed by atoms with van der Waals surface area (Å²) in [6, 6.07) is 18.0. The SMILES string of the molecule is COc1cc(F)cc(-c2ccnc3[nH]c(-c4n[nH]c5ccc(-c6ccccn6)nc45)cc23)c1. The van der Waals surface area contributed by atoms with E-state index in [0.717, 1.165) is 39.1 Å². The molecule has 0 aliphatic rings. The Hall–Kier alpha value is -4.59. The van der Waals surface area contributed by atoms with Crippen molar-refractivity contribution in [2.45, 2.75) is 0 Å². The second kappa shape index (κ2) is 7.52. The molecule has 0 spiro atoms. The van der Waals surface area contributed by atoms with Crippen LogP contribution in [0.2, 0.25) is 0 Å². The molecule has 5 aromatic heterocycles. The lowest BCUT2D eigenvalue weighted by Crippen LogP contribution is -1.88. The minimum Gasteiger partial charge on any atom is -0.497 e. The molecule has 0 amide bonds. The van der Waals surface area contributed by atoms with E-state index in [-0.39, 0.29) is 5.82 Å². The number of pyridine rings is 3. The number of aromatic nitrogens is 6. The van der Waals surface area contributed by atoms with Crippen molar-refractivity contribution in [1.82, 2.24) is 30.1 Å². The van der Waals surface area contributed by atoms with Crippen LogP contribution in [-0.2, 0) is 0 Å². The predicted molar refractivity (Wildman–Crippen MR) is 124 cm³/mol. The first-order valence-corrected chi connectivity index (χ1v) is 10.3. The number of nitrogens with zero attached hydrogens (tertiary/aromatic N) is 4. The Morgan fingerprint density at radius 1 is 0.909 bits per heavy atom. The summed E-state index contributed by atoms with van der Waals surface area (Å²) in [6.45, 7) is 0. The van der Waals surface area contributed by atoms with E-state index in [4.69, 9.17) is 9.72 Å². The Kier molecular flexibility index (Phi) is 4.36. The number of methoxy groups -OCH3 is 1. The third kappa shape index (κ3) is 3.28. The summed E-state index contributed by atoms with van der Waals surface area (Å²) in [5, 5.41) is 8.38. The molecule has 6 rings (SSSR count). The molecule has 2 N–H and O–H groups in total. The molecule has 0 bridgehead atoms. The van der Waals surface area contributed by atoms with Crippen LogP contribution in [0, 0.1) is 5.82 Å². The first-order valence-electron chi connectivity index (χ1n) is 10.3. The highest BCUT2D eigenvalue weighted by atomic mass is 19.1. The maximum absolute atomic E-state index is 14.2. The lowest BCUT2D eigenvalue weighted by Gasteiger charge is -2.06. The van der Waals surface area contributed by atoms with Gasteiger partial charge in [0.2, 0.25) is 0 Å². The molecule has 160 valence electrons. The fourth-order valence-corrected chi connectivity index (χ4v) is 3.99. The Morgan fingerprint density at radius 2 is 1.85 bits per heavy atom. The second-order valence-corrected chi connectivity index (χ2v) is 7.56. The van der Waals surface area contributed by atoms with Gasteiger partial charge < -0.3 is 9.72 Å². The molecule has 7 nitrogen and oxygen atoms in total. The van der Waals surface area contributed by atoms with Gasteiger partial charge >= 0.3 is 0 Å². The van der Waals surface area contributed by atoms with Crippen molar-refractivity contribution in [3.8, 4) is 39.7 Å². The largest absolute Gasteiger partial charge is 0.497 e. The Balaban J connectivity index is 1.50. The molecule has 5 heterocycles. The molecule has 0 unspecified atom stereocenters. The van der Waals surface area contributed by atoms with E-state index < -0.39 is 0 Å². The van der Waals surface area contributed by atoms with E-state index in [9.17, 15) is 4.39 Å². The van der Waals surface area contributed by atoms with Crippen LogP contribution in [0.5, 0.6) is 5.75 Å². The maximum Gasteiger partial charge on any atom is 0.138 e. The number of hydrogen-bond donors (Lipinski definition) is 2. The van der Waals surface area contributed by atoms with Gasteiger partial charge in [0.15, 0.2) is 0 Å². The van der Waals surface area contributed by atoms with Crippen molar-refractivity contribution in [3.05, 3.63) is 78.9 Å². The third-order valence-electron chi connectivity index (χ3n) is 5.54. The van der Waals surface area contributed by atoms with Crippen molar-refractivity contribution in [2.75, 3.05) is 7.11 Å². The number of rotatable bonds is 4. The minimum atomic E-state index is -0.366. The Labute approximate surface area is 187 Å². The molecule has 0 fully saturated rings. The molecule has 0 saturated carbocycles. The molecule has 1 aromatic carbocycles. The lowest BCUT2D eigenvalue weighted by atomic mass is 10.0. The van der Waals surface area contributed by atoms with Crippen molar-refractivity contribution in [2.24, 2.45) is 0 Å². The van der Waals surface area contributed by atoms with Crippen LogP contribution in [0.1, 0.15) is 0 Å². The molecule has 0 radical (unpaired) electrons. The summed E-state index contributed by atoms with van der Waals surface area (Å²) in [4.78, 5) is 17.0. The van der Waals surface area contributed by atoms with E-state index in [0.29, 0.717) is 22.7 Å². The summed E-state index contributed by atoms with van der Waals surface area (Å²) in [6.07, 6.45) is 3.43. The van der Waals surface area contributed by atoms with Gasteiger partial charge in [0.1, 0.15) is 28.4 Å². The fourth-order valence-electron chi connectivity index (χ4n) is 3.99. The highest BCUT2D eigenvalue weighted by Crippen LogP contribution is 2.34. The average Bonchev–Trinajstić information content (AvgIpc) is 3.47. The first-order chi connectivity index (χ1) is 16.2. The number of H-pyrrole nitrogens is 2. The van der Waals surface area contributed by atoms with Gasteiger partial charge in [-0.05, 0) is 59.7 Å². The summed E-state index contributed by atoms with van der Waals surface area (Å²) < 4.78 is 19.4. The summed E-state index contributed by atoms with van der Waals surface area (Å²) in [5.74, 6) is 0.0879. The number of benzene rings is 1. The van der Waals surface area contributed by atoms with E-state index in [2.05, 4.69) is 25.1 Å². The molecular formula is C25H17FN6O. The zero-order valence-corrected chi connectivity index (χ0v) is 17.5. The lowest BCUT2D eigenvalue weighted by molar-refractivity contribution is 0.411. The van der Waals surface area contributed by atoms with E-state index >= 15 is 0 Å². The standard InChI is InChI=1S/C25H17FN6O/c1-33-16-11-14(10-15(26)12-16)17-7-9-28-25-18(17)13-22(30-25)24-23-21(31-32-24)6-5-20(29-23)19-4-2-3-8-27-19/h2-13H,1H3,(H,28,30)(H,31,32). The minimum absolute atomic E-state index is 0.366. The Bertz CT molecular complexity index is 1620. The van der Waals surface area contributed by atoms with Crippen LogP contribution in [0.25, 0.3) is 56.0 Å². The van der Waals surface area contributed by atoms with Gasteiger partial charge in [0, 0.05) is 23.8 Å². The third-order valence-corrected chi connectivity index (χ3v) is 5.54. The van der Waals surface area contributed by atoms with E-state index in [1.54, 1.807) is 18.5 Å². The zero-order valence-electron chi connectivity index (χ0n) is 17.5. The van der Waals surface area contributed by atoms with Gasteiger partial charge in [0.25, 0.3) is 0 Å². The second-order valence-electron chi connectivity index (χ2n) is 7.56. The Morgan fingerprint density at radius 3 is 2.70 bits per heavy atom. The topological polar surface area (TPSA) is 92.4 Å². The first kappa shape index (κ1) is 19.1. The van der Waals surface area contributed by atoms with Gasteiger partial charge in [0.05, 0.1) is 29.7 Å². The number of nitrogens with one attached hydrogen (secondary N) is 2. The number of halogens is 1. The molecule has 0 aliphatic carbocycles. The molecule has 33 heavy (non-hydrogen) atoms. The summed E-state index contributed by atoms with van der Waals surface area (Å²) >= 11 is 0. The van der Waals surface area contributed by atoms with Gasteiger partial charge in [-0.25, -0.2) is 14.4 Å². The van der Waals surface area contributed by atoms with Crippen molar-refractivity contribution < 1.29 is 9.13 Å². The molecular weight excluding hydrogens is 419 g/mol. The molecule has 0 atom stereocenters. The number of aromatic amines is 2. The smallest absolute Gasteiger partial charge is 0.138 e. The van der Waals surface area contributed by atoms with Crippen LogP contribution in [0.4, 0.5) is 4.39 Å². The van der Waals surface area contributed by atoms with Crippen LogP contribution in [-0.4, -0.2) is 37.2 Å². The normalized spacial score (nSPS) is 11.3. The summed E-state index contributed by atoms with van der Waals surface area (Å²) in [5.41, 5.74) is 6.70. The zero-order chi connectivity index (χ0) is 22.4. The van der Waals surface area contributed by atoms with Crippen molar-refractivity contribution in [3.63, 3.8) is 0 Å². The molecule has 0 aliphatic heterocycles. The maximum atomic E-state index is 14.2. The van der Waals surface area contributed by atoms with Gasteiger partial charge in [-0.2, -0.15) is 5.10 Å². The van der Waals surface area contributed by atoms with E-state index in [1.807, 2.05) is 42.5 Å². The van der Waals surface area contributed by atoms with Gasteiger partial charge in [-0.3, -0.25) is 10.1 Å². The highest BCUT2D eigenvalue weighted by Gasteiger charge is 2.16. The van der Waals surface area contributed by atoms with Crippen LogP contribution >= 0.6 is 0 Å². The summed E-state index contributed by atoms with van der Waals surface area (Å²) in [7, 11) is 1.52. The van der Waals surface area contributed by atoms with Gasteiger partial charge in [-0.1, -0.05) is 6.07 Å². The molecule has 0 saturated heterocycles.